The Morgan fingerprint density at radius 2 is 1.93 bits per heavy atom. The van der Waals surface area contributed by atoms with Crippen LogP contribution in [0.1, 0.15) is 54.5 Å². The summed E-state index contributed by atoms with van der Waals surface area (Å²) < 4.78 is 38.1. The van der Waals surface area contributed by atoms with Crippen molar-refractivity contribution in [2.45, 2.75) is 43.7 Å². The van der Waals surface area contributed by atoms with Crippen molar-refractivity contribution < 1.29 is 27.6 Å². The third-order valence-electron chi connectivity index (χ3n) is 8.22. The lowest BCUT2D eigenvalue weighted by molar-refractivity contribution is -0.133. The molecule has 2 saturated heterocycles. The molecule has 218 valence electrons. The number of amides is 1. The molecule has 1 amide bonds. The van der Waals surface area contributed by atoms with E-state index < -0.39 is 27.9 Å². The summed E-state index contributed by atoms with van der Waals surface area (Å²) in [6, 6.07) is 7.13. The third kappa shape index (κ3) is 6.58. The molecule has 0 bridgehead atoms. The Morgan fingerprint density at radius 1 is 1.20 bits per heavy atom. The van der Waals surface area contributed by atoms with Gasteiger partial charge in [0.2, 0.25) is 5.91 Å². The molecule has 0 radical (unpaired) electrons. The average Bonchev–Trinajstić information content (AvgIpc) is 3.57. The monoisotopic (exact) mass is 593 g/mol. The first kappa shape index (κ1) is 29.2. The van der Waals surface area contributed by atoms with Crippen molar-refractivity contribution in [3.8, 4) is 0 Å². The Morgan fingerprint density at radius 3 is 2.58 bits per heavy atom. The molecule has 11 nitrogen and oxygen atoms in total. The van der Waals surface area contributed by atoms with Crippen molar-refractivity contribution in [2.75, 3.05) is 63.1 Å². The molecule has 2 aromatic rings. The van der Waals surface area contributed by atoms with Crippen molar-refractivity contribution in [2.24, 2.45) is 0 Å². The van der Waals surface area contributed by atoms with Crippen LogP contribution in [0.2, 0.25) is 5.02 Å². The molecule has 1 aliphatic carbocycles. The van der Waals surface area contributed by atoms with Gasteiger partial charge >= 0.3 is 0 Å². The molecule has 2 N–H and O–H groups in total. The third-order valence-corrected chi connectivity index (χ3v) is 9.17. The van der Waals surface area contributed by atoms with E-state index in [1.54, 1.807) is 12.1 Å². The Kier molecular flexibility index (Phi) is 8.93. The Labute approximate surface area is 239 Å². The first-order valence-corrected chi connectivity index (χ1v) is 15.7. The lowest BCUT2D eigenvalue weighted by Crippen LogP contribution is -2.52. The van der Waals surface area contributed by atoms with Crippen molar-refractivity contribution in [1.29, 1.82) is 0 Å². The number of fused-ring (bicyclic) bond motifs is 1. The lowest BCUT2D eigenvalue weighted by atomic mass is 9.95. The zero-order chi connectivity index (χ0) is 28.4. The number of ether oxygens (including phenoxy) is 1. The summed E-state index contributed by atoms with van der Waals surface area (Å²) in [6.45, 7) is 5.65. The number of hydrogen-bond donors (Lipinski definition) is 2. The van der Waals surface area contributed by atoms with Crippen molar-refractivity contribution >= 4 is 33.4 Å². The summed E-state index contributed by atoms with van der Waals surface area (Å²) in [5.74, 6) is -0.0322. The van der Waals surface area contributed by atoms with Crippen LogP contribution in [-0.4, -0.2) is 108 Å². The SMILES string of the molecule is C[C@@H]1C[C@@H](O)c2ncnc(N3CCN(C(=O)[C@H](CN(CCS(=O)(=O)O)C4CCOC4)c4ccc(Cl)cc4)CC3)c21. The fourth-order valence-corrected chi connectivity index (χ4v) is 6.63. The molecule has 40 heavy (non-hydrogen) atoms. The van der Waals surface area contributed by atoms with Crippen LogP contribution >= 0.6 is 11.6 Å². The van der Waals surface area contributed by atoms with Crippen molar-refractivity contribution in [1.82, 2.24) is 19.8 Å². The highest BCUT2D eigenvalue weighted by Gasteiger charge is 2.36. The van der Waals surface area contributed by atoms with E-state index in [-0.39, 0.29) is 24.4 Å². The fraction of sp³-hybridized carbons (Fsp3) is 0.593. The first-order valence-electron chi connectivity index (χ1n) is 13.7. The summed E-state index contributed by atoms with van der Waals surface area (Å²) in [4.78, 5) is 28.9. The number of hydrogen-bond acceptors (Lipinski definition) is 9. The molecule has 2 fully saturated rings. The summed E-state index contributed by atoms with van der Waals surface area (Å²) in [7, 11) is -4.17. The van der Waals surface area contributed by atoms with Gasteiger partial charge in [-0.05, 0) is 36.5 Å². The van der Waals surface area contributed by atoms with Crippen LogP contribution in [0.25, 0.3) is 0 Å². The predicted molar refractivity (Wildman–Crippen MR) is 150 cm³/mol. The number of aliphatic hydroxyl groups excluding tert-OH is 1. The number of rotatable bonds is 9. The van der Waals surface area contributed by atoms with Gasteiger partial charge in [0, 0.05) is 62.5 Å². The van der Waals surface area contributed by atoms with Gasteiger partial charge in [0.1, 0.15) is 12.1 Å². The molecule has 3 heterocycles. The predicted octanol–water partition coefficient (Wildman–Crippen LogP) is 2.08. The Hall–Kier alpha value is -2.35. The zero-order valence-electron chi connectivity index (χ0n) is 22.5. The van der Waals surface area contributed by atoms with Crippen LogP contribution < -0.4 is 4.90 Å². The maximum Gasteiger partial charge on any atom is 0.266 e. The Bertz CT molecular complexity index is 1300. The summed E-state index contributed by atoms with van der Waals surface area (Å²) in [5.41, 5.74) is 2.48. The molecule has 5 rings (SSSR count). The molecule has 1 aromatic heterocycles. The van der Waals surface area contributed by atoms with Gasteiger partial charge in [0.05, 0.1) is 30.1 Å². The molecule has 0 spiro atoms. The molecule has 2 aliphatic heterocycles. The molecular weight excluding hydrogens is 558 g/mol. The fourth-order valence-electron chi connectivity index (χ4n) is 6.03. The number of aliphatic hydroxyl groups is 1. The van der Waals surface area contributed by atoms with E-state index in [0.29, 0.717) is 63.1 Å². The number of nitrogens with zero attached hydrogens (tertiary/aromatic N) is 5. The highest BCUT2D eigenvalue weighted by Crippen LogP contribution is 2.42. The van der Waals surface area contributed by atoms with Crippen LogP contribution in [0.15, 0.2) is 30.6 Å². The second kappa shape index (κ2) is 12.3. The van der Waals surface area contributed by atoms with Gasteiger partial charge in [0.25, 0.3) is 10.1 Å². The number of piperazine rings is 1. The minimum Gasteiger partial charge on any atom is -0.387 e. The average molecular weight is 594 g/mol. The summed E-state index contributed by atoms with van der Waals surface area (Å²) in [6.07, 6.45) is 2.27. The first-order chi connectivity index (χ1) is 19.1. The quantitative estimate of drug-likeness (QED) is 0.416. The summed E-state index contributed by atoms with van der Waals surface area (Å²) in [5, 5.41) is 10.9. The van der Waals surface area contributed by atoms with Crippen LogP contribution in [-0.2, 0) is 19.6 Å². The van der Waals surface area contributed by atoms with Crippen LogP contribution in [0, 0.1) is 0 Å². The van der Waals surface area contributed by atoms with E-state index in [1.807, 2.05) is 21.9 Å². The maximum absolute atomic E-state index is 14.1. The largest absolute Gasteiger partial charge is 0.387 e. The standard InChI is InChI=1S/C27H36ClN5O6S/c1-18-14-23(34)25-24(18)26(30-17-29-25)31-7-9-32(10-8-31)27(35)22(19-2-4-20(28)5-3-19)15-33(11-13-40(36,37)38)21-6-12-39-16-21/h2-5,17-18,21-23,34H,6-16H2,1H3,(H,36,37,38)/t18-,21?,22-,23-/m1/s1. The number of halogens is 1. The minimum atomic E-state index is -4.17. The van der Waals surface area contributed by atoms with E-state index in [2.05, 4.69) is 21.8 Å². The Balaban J connectivity index is 1.34. The molecule has 4 atom stereocenters. The smallest absolute Gasteiger partial charge is 0.266 e. The molecule has 0 saturated carbocycles. The highest BCUT2D eigenvalue weighted by molar-refractivity contribution is 7.85. The normalized spacial score (nSPS) is 24.0. The van der Waals surface area contributed by atoms with E-state index in [1.165, 1.54) is 6.33 Å². The number of aromatic nitrogens is 2. The summed E-state index contributed by atoms with van der Waals surface area (Å²) >= 11 is 6.14. The van der Waals surface area contributed by atoms with Gasteiger partial charge in [-0.2, -0.15) is 8.42 Å². The van der Waals surface area contributed by atoms with Gasteiger partial charge in [-0.1, -0.05) is 30.7 Å². The lowest BCUT2D eigenvalue weighted by Gasteiger charge is -2.39. The van der Waals surface area contributed by atoms with Gasteiger partial charge in [0.15, 0.2) is 0 Å². The van der Waals surface area contributed by atoms with Crippen LogP contribution in [0.5, 0.6) is 0 Å². The number of carbonyl (C=O) groups is 1. The van der Waals surface area contributed by atoms with E-state index in [9.17, 15) is 22.9 Å². The second-order valence-corrected chi connectivity index (χ2v) is 12.9. The number of benzene rings is 1. The van der Waals surface area contributed by atoms with Gasteiger partial charge in [-0.15, -0.1) is 0 Å². The second-order valence-electron chi connectivity index (χ2n) is 10.9. The topological polar surface area (TPSA) is 136 Å². The van der Waals surface area contributed by atoms with E-state index in [4.69, 9.17) is 16.3 Å². The number of anilines is 1. The van der Waals surface area contributed by atoms with Gasteiger partial charge < -0.3 is 19.6 Å². The van der Waals surface area contributed by atoms with Crippen LogP contribution in [0.4, 0.5) is 5.82 Å². The molecular formula is C27H36ClN5O6S. The van der Waals surface area contributed by atoms with Gasteiger partial charge in [-0.3, -0.25) is 14.2 Å². The van der Waals surface area contributed by atoms with E-state index in [0.717, 1.165) is 23.4 Å². The number of carbonyl (C=O) groups excluding carboxylic acids is 1. The van der Waals surface area contributed by atoms with Crippen molar-refractivity contribution in [3.05, 3.63) is 52.4 Å². The minimum absolute atomic E-state index is 0.0432. The van der Waals surface area contributed by atoms with Crippen molar-refractivity contribution in [3.63, 3.8) is 0 Å². The van der Waals surface area contributed by atoms with Crippen LogP contribution in [0.3, 0.4) is 0 Å². The molecule has 1 aromatic carbocycles. The van der Waals surface area contributed by atoms with E-state index >= 15 is 0 Å². The molecule has 13 heteroatoms. The maximum atomic E-state index is 14.1. The molecule has 1 unspecified atom stereocenters. The zero-order valence-corrected chi connectivity index (χ0v) is 24.1. The van der Waals surface area contributed by atoms with Gasteiger partial charge in [-0.25, -0.2) is 9.97 Å². The molecule has 3 aliphatic rings. The highest BCUT2D eigenvalue weighted by atomic mass is 35.5.